The molecule has 3 N–H and O–H groups in total. The van der Waals surface area contributed by atoms with E-state index in [4.69, 9.17) is 40.3 Å². The minimum Gasteiger partial charge on any atom is -0.493 e. The van der Waals surface area contributed by atoms with Gasteiger partial charge in [-0.2, -0.15) is 15.0 Å². The number of hydrogen-bond acceptors (Lipinski definition) is 20. The second kappa shape index (κ2) is 21.6. The molecule has 0 aliphatic carbocycles. The van der Waals surface area contributed by atoms with Crippen molar-refractivity contribution in [3.63, 3.8) is 0 Å². The smallest absolute Gasteiger partial charge is 0.310 e. The van der Waals surface area contributed by atoms with E-state index in [0.717, 1.165) is 47.0 Å². The third kappa shape index (κ3) is 11.0. The molecule has 2 atom stereocenters. The minimum atomic E-state index is -0.199. The highest BCUT2D eigenvalue weighted by Gasteiger charge is 2.31. The summed E-state index contributed by atoms with van der Waals surface area (Å²) in [7, 11) is 9.21. The number of carbonyl (C=O) groups excluding carboxylic acids is 2. The number of ether oxygens (including phenoxy) is 6. The summed E-state index contributed by atoms with van der Waals surface area (Å²) in [6, 6.07) is 11.0. The van der Waals surface area contributed by atoms with Crippen LogP contribution in [0.2, 0.25) is 5.28 Å². The molecule has 6 heterocycles. The fourth-order valence-electron chi connectivity index (χ4n) is 6.23. The third-order valence-corrected chi connectivity index (χ3v) is 10.9. The van der Waals surface area contributed by atoms with Gasteiger partial charge in [0.1, 0.15) is 11.0 Å². The fourth-order valence-corrected chi connectivity index (χ4v) is 7.76. The zero-order chi connectivity index (χ0) is 41.9. The van der Waals surface area contributed by atoms with E-state index in [2.05, 4.69) is 45.6 Å². The molecule has 0 saturated carbocycles. The zero-order valence-electron chi connectivity index (χ0n) is 33.5. The van der Waals surface area contributed by atoms with Gasteiger partial charge in [0.2, 0.25) is 11.2 Å². The SMILES string of the molecule is COC(=O)C1CCN(c2nc(Nc3ccc(OC)c(OC)c3)c3ncsc3n2)C1.COC(=O)C1CCNC1.COc1ccc(Nc2nc(Cl)nc3scnc23)cc1OC.Cl. The number of thiazole rings is 2. The fraction of sp³-hybridized carbons (Fsp3) is 0.368. The lowest BCUT2D eigenvalue weighted by atomic mass is 10.1. The highest BCUT2D eigenvalue weighted by molar-refractivity contribution is 7.16. The maximum Gasteiger partial charge on any atom is 0.310 e. The Morgan fingerprint density at radius 3 is 1.77 bits per heavy atom. The predicted octanol–water partition coefficient (Wildman–Crippen LogP) is 6.54. The van der Waals surface area contributed by atoms with Gasteiger partial charge >= 0.3 is 11.9 Å². The molecule has 2 unspecified atom stereocenters. The maximum atomic E-state index is 11.9. The number of benzene rings is 2. The molecular formula is C38H44Cl2N10O8S2. The lowest BCUT2D eigenvalue weighted by Crippen LogP contribution is -2.25. The predicted molar refractivity (Wildman–Crippen MR) is 234 cm³/mol. The number of aromatic nitrogens is 6. The Hall–Kier alpha value is -5.54. The average molecular weight is 904 g/mol. The van der Waals surface area contributed by atoms with Gasteiger partial charge in [0, 0.05) is 43.1 Å². The molecular weight excluding hydrogens is 860 g/mol. The van der Waals surface area contributed by atoms with Crippen LogP contribution in [0.4, 0.5) is 29.0 Å². The molecule has 2 saturated heterocycles. The number of methoxy groups -OCH3 is 6. The minimum absolute atomic E-state index is 0. The molecule has 4 aromatic heterocycles. The highest BCUT2D eigenvalue weighted by Crippen LogP contribution is 2.35. The van der Waals surface area contributed by atoms with E-state index < -0.39 is 0 Å². The van der Waals surface area contributed by atoms with Gasteiger partial charge in [-0.1, -0.05) is 0 Å². The van der Waals surface area contributed by atoms with E-state index in [1.54, 1.807) is 39.5 Å². The molecule has 2 aromatic carbocycles. The van der Waals surface area contributed by atoms with Crippen molar-refractivity contribution in [3.8, 4) is 23.0 Å². The summed E-state index contributed by atoms with van der Waals surface area (Å²) in [5, 5.41) is 9.74. The number of hydrogen-bond donors (Lipinski definition) is 3. The number of rotatable bonds is 11. The Morgan fingerprint density at radius 2 is 1.25 bits per heavy atom. The molecule has 60 heavy (non-hydrogen) atoms. The van der Waals surface area contributed by atoms with E-state index in [1.165, 1.54) is 36.9 Å². The van der Waals surface area contributed by atoms with Crippen LogP contribution in [0.15, 0.2) is 47.4 Å². The van der Waals surface area contributed by atoms with Gasteiger partial charge in [-0.15, -0.1) is 35.1 Å². The lowest BCUT2D eigenvalue weighted by molar-refractivity contribution is -0.145. The number of carbonyl (C=O) groups is 2. The van der Waals surface area contributed by atoms with Crippen LogP contribution in [0.3, 0.4) is 0 Å². The van der Waals surface area contributed by atoms with Crippen molar-refractivity contribution in [3.05, 3.63) is 52.7 Å². The maximum absolute atomic E-state index is 11.9. The largest absolute Gasteiger partial charge is 0.493 e. The van der Waals surface area contributed by atoms with Crippen molar-refractivity contribution in [2.24, 2.45) is 11.8 Å². The molecule has 18 nitrogen and oxygen atoms in total. The van der Waals surface area contributed by atoms with Crippen molar-refractivity contribution < 1.29 is 38.0 Å². The normalized spacial score (nSPS) is 15.4. The molecule has 2 aliphatic rings. The highest BCUT2D eigenvalue weighted by atomic mass is 35.5. The van der Waals surface area contributed by atoms with Gasteiger partial charge < -0.3 is 49.3 Å². The summed E-state index contributed by atoms with van der Waals surface area (Å²) >= 11 is 8.78. The summed E-state index contributed by atoms with van der Waals surface area (Å²) in [6.45, 7) is 2.96. The molecule has 0 bridgehead atoms. The van der Waals surface area contributed by atoms with E-state index in [-0.39, 0.29) is 41.5 Å². The van der Waals surface area contributed by atoms with E-state index in [9.17, 15) is 9.59 Å². The van der Waals surface area contributed by atoms with Crippen LogP contribution in [-0.2, 0) is 19.1 Å². The molecule has 2 fully saturated rings. The molecule has 0 spiro atoms. The van der Waals surface area contributed by atoms with Crippen LogP contribution in [0.1, 0.15) is 12.8 Å². The Morgan fingerprint density at radius 1 is 0.717 bits per heavy atom. The van der Waals surface area contributed by atoms with Crippen molar-refractivity contribution in [2.75, 3.05) is 84.4 Å². The first-order valence-electron chi connectivity index (χ1n) is 18.2. The van der Waals surface area contributed by atoms with Crippen LogP contribution < -0.4 is 39.8 Å². The van der Waals surface area contributed by atoms with Gasteiger partial charge in [0.25, 0.3) is 0 Å². The van der Waals surface area contributed by atoms with Crippen LogP contribution in [0.5, 0.6) is 23.0 Å². The van der Waals surface area contributed by atoms with Gasteiger partial charge in [0.15, 0.2) is 44.3 Å². The number of esters is 2. The summed E-state index contributed by atoms with van der Waals surface area (Å²) in [5.41, 5.74) is 6.39. The summed E-state index contributed by atoms with van der Waals surface area (Å²) in [4.78, 5) is 52.4. The average Bonchev–Trinajstić information content (AvgIpc) is 4.11. The number of anilines is 5. The van der Waals surface area contributed by atoms with Gasteiger partial charge in [-0.05, 0) is 55.3 Å². The first-order chi connectivity index (χ1) is 28.7. The van der Waals surface area contributed by atoms with Crippen LogP contribution in [0.25, 0.3) is 20.7 Å². The van der Waals surface area contributed by atoms with Crippen LogP contribution >= 0.6 is 46.7 Å². The summed E-state index contributed by atoms with van der Waals surface area (Å²) in [5.74, 6) is 3.91. The zero-order valence-corrected chi connectivity index (χ0v) is 36.7. The Bertz CT molecular complexity index is 2380. The second-order valence-electron chi connectivity index (χ2n) is 12.8. The molecule has 0 radical (unpaired) electrons. The van der Waals surface area contributed by atoms with Crippen molar-refractivity contribution in [1.82, 2.24) is 35.2 Å². The molecule has 0 amide bonds. The molecule has 22 heteroatoms. The lowest BCUT2D eigenvalue weighted by Gasteiger charge is -2.17. The van der Waals surface area contributed by atoms with Gasteiger partial charge in [-0.25, -0.2) is 15.0 Å². The van der Waals surface area contributed by atoms with Crippen molar-refractivity contribution in [2.45, 2.75) is 12.8 Å². The van der Waals surface area contributed by atoms with Crippen LogP contribution in [0, 0.1) is 11.8 Å². The molecule has 2 aliphatic heterocycles. The Kier molecular flexibility index (Phi) is 16.4. The van der Waals surface area contributed by atoms with Gasteiger partial charge in [0.05, 0.1) is 65.5 Å². The summed E-state index contributed by atoms with van der Waals surface area (Å²) in [6.07, 6.45) is 1.64. The number of halogens is 2. The van der Waals surface area contributed by atoms with Crippen LogP contribution in [-0.4, -0.2) is 111 Å². The second-order valence-corrected chi connectivity index (χ2v) is 14.8. The first-order valence-corrected chi connectivity index (χ1v) is 20.3. The van der Waals surface area contributed by atoms with E-state index >= 15 is 0 Å². The Balaban J connectivity index is 0.000000192. The molecule has 320 valence electrons. The van der Waals surface area contributed by atoms with Crippen molar-refractivity contribution in [1.29, 1.82) is 0 Å². The van der Waals surface area contributed by atoms with E-state index in [0.29, 0.717) is 64.7 Å². The number of fused-ring (bicyclic) bond motifs is 2. The number of nitrogens with one attached hydrogen (secondary N) is 3. The Labute approximate surface area is 364 Å². The first kappa shape index (κ1) is 45.5. The topological polar surface area (TPSA) is 206 Å². The molecule has 8 rings (SSSR count). The summed E-state index contributed by atoms with van der Waals surface area (Å²) < 4.78 is 30.6. The molecule has 6 aromatic rings. The van der Waals surface area contributed by atoms with Gasteiger partial charge in [-0.3, -0.25) is 9.59 Å². The standard InChI is InChI=1S/C19H21N5O4S.C13H11ClN4O2S.C6H11NO2.ClH/c1-26-13-5-4-12(8-14(13)27-2)21-16-15-17(29-10-20-15)23-19(22-16)24-7-6-11(9-24)18(25)28-3;1-19-8-4-3-7(5-9(8)20-2)16-11-10-12(21-6-15-10)18-13(14)17-11;1-9-6(8)5-2-3-7-4-5;/h4-5,8,10-11H,6-7,9H2,1-3H3,(H,21,22,23);3-6H,1-2H3,(H,16,17,18);5,7H,2-4H2,1H3;1H. The third-order valence-electron chi connectivity index (χ3n) is 9.25. The number of nitrogens with zero attached hydrogens (tertiary/aromatic N) is 7. The van der Waals surface area contributed by atoms with E-state index in [1.807, 2.05) is 41.3 Å². The van der Waals surface area contributed by atoms with Crippen molar-refractivity contribution >= 4 is 108 Å². The quantitative estimate of drug-likeness (QED) is 0.0932. The monoisotopic (exact) mass is 902 g/mol.